The van der Waals surface area contributed by atoms with Gasteiger partial charge in [0.15, 0.2) is 0 Å². The van der Waals surface area contributed by atoms with E-state index >= 15 is 0 Å². The van der Waals surface area contributed by atoms with E-state index in [1.807, 2.05) is 12.1 Å². The van der Waals surface area contributed by atoms with Crippen LogP contribution in [0.25, 0.3) is 0 Å². The number of rotatable bonds is 4. The monoisotopic (exact) mass is 247 g/mol. The van der Waals surface area contributed by atoms with Crippen LogP contribution in [0.3, 0.4) is 0 Å². The van der Waals surface area contributed by atoms with E-state index in [1.165, 1.54) is 31.2 Å². The number of aliphatic hydroxyl groups is 1. The quantitative estimate of drug-likeness (QED) is 0.856. The van der Waals surface area contributed by atoms with E-state index in [9.17, 15) is 0 Å². The number of hydrogen-bond donors (Lipinski definition) is 2. The summed E-state index contributed by atoms with van der Waals surface area (Å²) < 4.78 is 0. The maximum atomic E-state index is 9.13. The van der Waals surface area contributed by atoms with Gasteiger partial charge in [-0.25, -0.2) is 0 Å². The third kappa shape index (κ3) is 3.82. The summed E-state index contributed by atoms with van der Waals surface area (Å²) in [5, 5.41) is 12.8. The van der Waals surface area contributed by atoms with E-state index in [0.717, 1.165) is 12.1 Å². The Bertz CT molecular complexity index is 386. The van der Waals surface area contributed by atoms with Crippen LogP contribution in [-0.2, 0) is 13.2 Å². The molecule has 0 heterocycles. The highest BCUT2D eigenvalue weighted by atomic mass is 16.3. The summed E-state index contributed by atoms with van der Waals surface area (Å²) in [4.78, 5) is 0. The van der Waals surface area contributed by atoms with Gasteiger partial charge in [0.2, 0.25) is 0 Å². The lowest BCUT2D eigenvalue weighted by molar-refractivity contribution is 0.198. The molecule has 1 saturated carbocycles. The van der Waals surface area contributed by atoms with Gasteiger partial charge in [0.25, 0.3) is 0 Å². The zero-order valence-electron chi connectivity index (χ0n) is 11.6. The number of benzene rings is 1. The Morgan fingerprint density at radius 3 is 2.83 bits per heavy atom. The van der Waals surface area contributed by atoms with Crippen molar-refractivity contribution >= 4 is 0 Å². The maximum Gasteiger partial charge on any atom is 0.0681 e. The molecule has 0 aromatic heterocycles. The maximum absolute atomic E-state index is 9.13. The molecule has 1 aromatic carbocycles. The number of hydrogen-bond acceptors (Lipinski definition) is 2. The molecule has 2 rings (SSSR count). The average molecular weight is 247 g/mol. The highest BCUT2D eigenvalue weighted by molar-refractivity contribution is 5.22. The summed E-state index contributed by atoms with van der Waals surface area (Å²) in [6.45, 7) is 5.78. The van der Waals surface area contributed by atoms with Crippen molar-refractivity contribution in [2.24, 2.45) is 5.41 Å². The molecule has 0 aliphatic heterocycles. The van der Waals surface area contributed by atoms with E-state index in [1.54, 1.807) is 0 Å². The SMILES string of the molecule is CC1(C)CCCC(NCc2cccc(CO)c2)C1. The minimum atomic E-state index is 0.129. The molecule has 18 heavy (non-hydrogen) atoms. The van der Waals surface area contributed by atoms with Crippen LogP contribution in [0.5, 0.6) is 0 Å². The van der Waals surface area contributed by atoms with Gasteiger partial charge in [0.1, 0.15) is 0 Å². The van der Waals surface area contributed by atoms with Crippen molar-refractivity contribution in [3.63, 3.8) is 0 Å². The van der Waals surface area contributed by atoms with Crippen molar-refractivity contribution < 1.29 is 5.11 Å². The van der Waals surface area contributed by atoms with Crippen LogP contribution < -0.4 is 5.32 Å². The fourth-order valence-corrected chi connectivity index (χ4v) is 2.97. The van der Waals surface area contributed by atoms with Crippen molar-refractivity contribution in [2.45, 2.75) is 58.7 Å². The lowest BCUT2D eigenvalue weighted by Crippen LogP contribution is -2.36. The van der Waals surface area contributed by atoms with E-state index in [-0.39, 0.29) is 6.61 Å². The molecule has 1 aliphatic carbocycles. The Hall–Kier alpha value is -0.860. The molecule has 0 radical (unpaired) electrons. The van der Waals surface area contributed by atoms with Crippen LogP contribution in [0.1, 0.15) is 50.7 Å². The molecule has 2 heteroatoms. The molecule has 100 valence electrons. The smallest absolute Gasteiger partial charge is 0.0681 e. The van der Waals surface area contributed by atoms with Crippen molar-refractivity contribution in [3.05, 3.63) is 35.4 Å². The zero-order chi connectivity index (χ0) is 13.0. The number of nitrogens with one attached hydrogen (secondary N) is 1. The van der Waals surface area contributed by atoms with Crippen molar-refractivity contribution in [2.75, 3.05) is 0 Å². The van der Waals surface area contributed by atoms with Crippen LogP contribution in [0.2, 0.25) is 0 Å². The first-order valence-electron chi connectivity index (χ1n) is 7.01. The zero-order valence-corrected chi connectivity index (χ0v) is 11.6. The van der Waals surface area contributed by atoms with Crippen LogP contribution in [0.4, 0.5) is 0 Å². The summed E-state index contributed by atoms with van der Waals surface area (Å²) in [6.07, 6.45) is 5.25. The molecular weight excluding hydrogens is 222 g/mol. The summed E-state index contributed by atoms with van der Waals surface area (Å²) >= 11 is 0. The molecule has 0 saturated heterocycles. The van der Waals surface area contributed by atoms with Gasteiger partial charge in [0, 0.05) is 12.6 Å². The second-order valence-corrected chi connectivity index (χ2v) is 6.32. The van der Waals surface area contributed by atoms with Crippen molar-refractivity contribution in [1.82, 2.24) is 5.32 Å². The van der Waals surface area contributed by atoms with E-state index in [4.69, 9.17) is 5.11 Å². The molecule has 1 aromatic rings. The summed E-state index contributed by atoms with van der Waals surface area (Å²) in [6, 6.07) is 8.84. The Morgan fingerprint density at radius 2 is 2.11 bits per heavy atom. The van der Waals surface area contributed by atoms with Gasteiger partial charge in [-0.3, -0.25) is 0 Å². The fraction of sp³-hybridized carbons (Fsp3) is 0.625. The summed E-state index contributed by atoms with van der Waals surface area (Å²) in [7, 11) is 0. The van der Waals surface area contributed by atoms with Gasteiger partial charge >= 0.3 is 0 Å². The molecule has 2 N–H and O–H groups in total. The Kier molecular flexibility index (Phi) is 4.41. The summed E-state index contributed by atoms with van der Waals surface area (Å²) in [5.41, 5.74) is 2.76. The lowest BCUT2D eigenvalue weighted by atomic mass is 9.75. The van der Waals surface area contributed by atoms with E-state index in [0.29, 0.717) is 11.5 Å². The topological polar surface area (TPSA) is 32.3 Å². The molecular formula is C16H25NO. The third-order valence-corrected chi connectivity index (χ3v) is 3.97. The Balaban J connectivity index is 1.87. The molecule has 0 amide bonds. The van der Waals surface area contributed by atoms with Gasteiger partial charge in [-0.2, -0.15) is 0 Å². The van der Waals surface area contributed by atoms with E-state index in [2.05, 4.69) is 31.3 Å². The van der Waals surface area contributed by atoms with Gasteiger partial charge in [-0.1, -0.05) is 44.5 Å². The predicted molar refractivity (Wildman–Crippen MR) is 75.2 cm³/mol. The van der Waals surface area contributed by atoms with Gasteiger partial charge in [-0.15, -0.1) is 0 Å². The van der Waals surface area contributed by atoms with Crippen LogP contribution in [0, 0.1) is 5.41 Å². The first kappa shape index (κ1) is 13.6. The van der Waals surface area contributed by atoms with E-state index < -0.39 is 0 Å². The molecule has 2 nitrogen and oxygen atoms in total. The summed E-state index contributed by atoms with van der Waals surface area (Å²) in [5.74, 6) is 0. The van der Waals surface area contributed by atoms with Gasteiger partial charge < -0.3 is 10.4 Å². The molecule has 1 atom stereocenters. The second-order valence-electron chi connectivity index (χ2n) is 6.32. The molecule has 1 fully saturated rings. The fourth-order valence-electron chi connectivity index (χ4n) is 2.97. The standard InChI is InChI=1S/C16H25NO/c1-16(2)8-4-7-15(10-16)17-11-13-5-3-6-14(9-13)12-18/h3,5-6,9,15,17-18H,4,7-8,10-12H2,1-2H3. The predicted octanol–water partition coefficient (Wildman–Crippen LogP) is 3.24. The third-order valence-electron chi connectivity index (χ3n) is 3.97. The highest BCUT2D eigenvalue weighted by Gasteiger charge is 2.27. The molecule has 1 aliphatic rings. The van der Waals surface area contributed by atoms with Crippen LogP contribution >= 0.6 is 0 Å². The van der Waals surface area contributed by atoms with Crippen LogP contribution in [-0.4, -0.2) is 11.1 Å². The molecule has 0 bridgehead atoms. The highest BCUT2D eigenvalue weighted by Crippen LogP contribution is 2.35. The van der Waals surface area contributed by atoms with Gasteiger partial charge in [-0.05, 0) is 35.8 Å². The molecule has 1 unspecified atom stereocenters. The Labute approximate surface area is 110 Å². The average Bonchev–Trinajstić information content (AvgIpc) is 2.35. The minimum absolute atomic E-state index is 0.129. The largest absolute Gasteiger partial charge is 0.392 e. The number of aliphatic hydroxyl groups excluding tert-OH is 1. The van der Waals surface area contributed by atoms with Crippen molar-refractivity contribution in [1.29, 1.82) is 0 Å². The van der Waals surface area contributed by atoms with Crippen molar-refractivity contribution in [3.8, 4) is 0 Å². The molecule has 0 spiro atoms. The van der Waals surface area contributed by atoms with Crippen LogP contribution in [0.15, 0.2) is 24.3 Å². The first-order valence-corrected chi connectivity index (χ1v) is 7.01. The minimum Gasteiger partial charge on any atom is -0.392 e. The normalized spacial score (nSPS) is 22.9. The lowest BCUT2D eigenvalue weighted by Gasteiger charge is -2.35. The van der Waals surface area contributed by atoms with Gasteiger partial charge in [0.05, 0.1) is 6.61 Å². The first-order chi connectivity index (χ1) is 8.59. The Morgan fingerprint density at radius 1 is 1.33 bits per heavy atom. The second kappa shape index (κ2) is 5.85.